The van der Waals surface area contributed by atoms with Gasteiger partial charge >= 0.3 is 6.18 Å². The predicted molar refractivity (Wildman–Crippen MR) is 44.0 cm³/mol. The summed E-state index contributed by atoms with van der Waals surface area (Å²) in [5.41, 5.74) is 4.40. The van der Waals surface area contributed by atoms with Crippen molar-refractivity contribution in [3.8, 4) is 0 Å². The van der Waals surface area contributed by atoms with Gasteiger partial charge in [-0.1, -0.05) is 0 Å². The summed E-state index contributed by atoms with van der Waals surface area (Å²) >= 11 is 0. The van der Waals surface area contributed by atoms with Crippen LogP contribution in [0, 0.1) is 12.7 Å². The summed E-state index contributed by atoms with van der Waals surface area (Å²) in [4.78, 5) is 0. The third kappa shape index (κ3) is 2.04. The third-order valence-corrected chi connectivity index (χ3v) is 2.01. The van der Waals surface area contributed by atoms with E-state index in [-0.39, 0.29) is 17.7 Å². The number of halogens is 4. The minimum absolute atomic E-state index is 0.0126. The lowest BCUT2D eigenvalue weighted by molar-refractivity contribution is -0.138. The second kappa shape index (κ2) is 3.57. The topological polar surface area (TPSA) is 26.0 Å². The molecule has 5 heteroatoms. The van der Waals surface area contributed by atoms with Crippen LogP contribution in [0.25, 0.3) is 0 Å². The van der Waals surface area contributed by atoms with Crippen molar-refractivity contribution >= 4 is 0 Å². The zero-order valence-corrected chi connectivity index (χ0v) is 7.45. The first-order valence-corrected chi connectivity index (χ1v) is 3.92. The average Bonchev–Trinajstić information content (AvgIpc) is 2.06. The van der Waals surface area contributed by atoms with E-state index < -0.39 is 17.6 Å². The first kappa shape index (κ1) is 11.0. The van der Waals surface area contributed by atoms with E-state index in [4.69, 9.17) is 5.73 Å². The third-order valence-electron chi connectivity index (χ3n) is 2.01. The van der Waals surface area contributed by atoms with Crippen molar-refractivity contribution in [3.63, 3.8) is 0 Å². The Morgan fingerprint density at radius 2 is 1.86 bits per heavy atom. The summed E-state index contributed by atoms with van der Waals surface area (Å²) in [6, 6.07) is 1.50. The molecular weight excluding hydrogens is 198 g/mol. The molecule has 1 aromatic rings. The Morgan fingerprint density at radius 3 is 2.29 bits per heavy atom. The zero-order valence-electron chi connectivity index (χ0n) is 7.45. The maximum absolute atomic E-state index is 12.8. The molecule has 0 saturated heterocycles. The van der Waals surface area contributed by atoms with Crippen molar-refractivity contribution in [2.75, 3.05) is 0 Å². The van der Waals surface area contributed by atoms with Crippen LogP contribution in [0.2, 0.25) is 0 Å². The van der Waals surface area contributed by atoms with Crippen LogP contribution in [0.5, 0.6) is 0 Å². The molecule has 0 atom stereocenters. The van der Waals surface area contributed by atoms with Crippen LogP contribution in [0.15, 0.2) is 12.1 Å². The fourth-order valence-corrected chi connectivity index (χ4v) is 1.24. The lowest BCUT2D eigenvalue weighted by Crippen LogP contribution is -2.11. The predicted octanol–water partition coefficient (Wildman–Crippen LogP) is 2.61. The van der Waals surface area contributed by atoms with Gasteiger partial charge in [0.15, 0.2) is 0 Å². The van der Waals surface area contributed by atoms with Crippen molar-refractivity contribution in [2.24, 2.45) is 5.73 Å². The molecule has 1 nitrogen and oxygen atoms in total. The summed E-state index contributed by atoms with van der Waals surface area (Å²) in [7, 11) is 0. The number of benzene rings is 1. The molecule has 0 aromatic heterocycles. The molecule has 0 radical (unpaired) electrons. The molecule has 0 amide bonds. The molecule has 2 N–H and O–H groups in total. The van der Waals surface area contributed by atoms with Gasteiger partial charge in [0.2, 0.25) is 0 Å². The van der Waals surface area contributed by atoms with Crippen molar-refractivity contribution in [1.29, 1.82) is 0 Å². The van der Waals surface area contributed by atoms with Crippen LogP contribution in [-0.4, -0.2) is 0 Å². The van der Waals surface area contributed by atoms with Gasteiger partial charge in [0.1, 0.15) is 5.82 Å². The van der Waals surface area contributed by atoms with Crippen LogP contribution in [0.3, 0.4) is 0 Å². The Kier molecular flexibility index (Phi) is 2.80. The number of nitrogens with two attached hydrogens (primary N) is 1. The molecule has 1 rings (SSSR count). The van der Waals surface area contributed by atoms with Gasteiger partial charge in [-0.15, -0.1) is 0 Å². The van der Waals surface area contributed by atoms with E-state index in [0.29, 0.717) is 6.07 Å². The zero-order chi connectivity index (χ0) is 10.9. The first-order chi connectivity index (χ1) is 6.36. The second-order valence-electron chi connectivity index (χ2n) is 2.94. The SMILES string of the molecule is Cc1c(CN)cc(F)cc1C(F)(F)F. The molecule has 1 aromatic carbocycles. The fourth-order valence-electron chi connectivity index (χ4n) is 1.24. The largest absolute Gasteiger partial charge is 0.416 e. The van der Waals surface area contributed by atoms with E-state index in [1.165, 1.54) is 6.92 Å². The van der Waals surface area contributed by atoms with Gasteiger partial charge < -0.3 is 5.73 Å². The van der Waals surface area contributed by atoms with Crippen molar-refractivity contribution < 1.29 is 17.6 Å². The van der Waals surface area contributed by atoms with Crippen LogP contribution >= 0.6 is 0 Å². The van der Waals surface area contributed by atoms with Gasteiger partial charge in [0.25, 0.3) is 0 Å². The Hall–Kier alpha value is -1.10. The van der Waals surface area contributed by atoms with Crippen molar-refractivity contribution in [3.05, 3.63) is 34.6 Å². The number of hydrogen-bond donors (Lipinski definition) is 1. The van der Waals surface area contributed by atoms with Crippen LogP contribution in [0.4, 0.5) is 17.6 Å². The molecule has 0 aliphatic rings. The van der Waals surface area contributed by atoms with E-state index in [1.807, 2.05) is 0 Å². The highest BCUT2D eigenvalue weighted by Crippen LogP contribution is 2.33. The van der Waals surface area contributed by atoms with E-state index in [0.717, 1.165) is 6.07 Å². The van der Waals surface area contributed by atoms with E-state index >= 15 is 0 Å². The molecular formula is C9H9F4N. The Labute approximate surface area is 78.5 Å². The highest BCUT2D eigenvalue weighted by Gasteiger charge is 2.33. The number of hydrogen-bond acceptors (Lipinski definition) is 1. The molecule has 0 saturated carbocycles. The standard InChI is InChI=1S/C9H9F4N/c1-5-6(4-14)2-7(10)3-8(5)9(11,12)13/h2-3H,4,14H2,1H3. The second-order valence-corrected chi connectivity index (χ2v) is 2.94. The Bertz CT molecular complexity index is 343. The number of rotatable bonds is 1. The molecule has 0 bridgehead atoms. The highest BCUT2D eigenvalue weighted by atomic mass is 19.4. The van der Waals surface area contributed by atoms with Gasteiger partial charge in [0.05, 0.1) is 5.56 Å². The Morgan fingerprint density at radius 1 is 1.29 bits per heavy atom. The normalized spacial score (nSPS) is 11.9. The van der Waals surface area contributed by atoms with E-state index in [9.17, 15) is 17.6 Å². The Balaban J connectivity index is 3.37. The van der Waals surface area contributed by atoms with E-state index in [2.05, 4.69) is 0 Å². The highest BCUT2D eigenvalue weighted by molar-refractivity contribution is 5.36. The minimum atomic E-state index is -4.53. The summed E-state index contributed by atoms with van der Waals surface area (Å²) in [5, 5.41) is 0. The summed E-state index contributed by atoms with van der Waals surface area (Å²) in [5.74, 6) is -0.914. The molecule has 0 unspecified atom stereocenters. The molecule has 0 aliphatic heterocycles. The van der Waals surface area contributed by atoms with Gasteiger partial charge in [-0.3, -0.25) is 0 Å². The maximum Gasteiger partial charge on any atom is 0.416 e. The molecule has 0 spiro atoms. The van der Waals surface area contributed by atoms with Crippen molar-refractivity contribution in [1.82, 2.24) is 0 Å². The molecule has 14 heavy (non-hydrogen) atoms. The number of alkyl halides is 3. The monoisotopic (exact) mass is 207 g/mol. The molecule has 78 valence electrons. The van der Waals surface area contributed by atoms with Crippen LogP contribution < -0.4 is 5.73 Å². The van der Waals surface area contributed by atoms with Gasteiger partial charge in [-0.2, -0.15) is 13.2 Å². The summed E-state index contributed by atoms with van der Waals surface area (Å²) < 4.78 is 49.8. The average molecular weight is 207 g/mol. The molecule has 0 heterocycles. The lowest BCUT2D eigenvalue weighted by atomic mass is 10.0. The van der Waals surface area contributed by atoms with Crippen LogP contribution in [0.1, 0.15) is 16.7 Å². The maximum atomic E-state index is 12.8. The summed E-state index contributed by atoms with van der Waals surface area (Å²) in [6.07, 6.45) is -4.53. The van der Waals surface area contributed by atoms with Crippen LogP contribution in [-0.2, 0) is 12.7 Å². The molecule has 0 fully saturated rings. The van der Waals surface area contributed by atoms with E-state index in [1.54, 1.807) is 0 Å². The van der Waals surface area contributed by atoms with Crippen molar-refractivity contribution in [2.45, 2.75) is 19.6 Å². The lowest BCUT2D eigenvalue weighted by Gasteiger charge is -2.13. The quantitative estimate of drug-likeness (QED) is 0.704. The van der Waals surface area contributed by atoms with Gasteiger partial charge in [0, 0.05) is 6.54 Å². The minimum Gasteiger partial charge on any atom is -0.326 e. The van der Waals surface area contributed by atoms with Gasteiger partial charge in [-0.25, -0.2) is 4.39 Å². The summed E-state index contributed by atoms with van der Waals surface area (Å²) in [6.45, 7) is 1.18. The fraction of sp³-hybridized carbons (Fsp3) is 0.333. The molecule has 0 aliphatic carbocycles. The first-order valence-electron chi connectivity index (χ1n) is 3.92. The smallest absolute Gasteiger partial charge is 0.326 e. The van der Waals surface area contributed by atoms with Gasteiger partial charge in [-0.05, 0) is 30.2 Å².